The molecule has 0 fully saturated rings. The van der Waals surface area contributed by atoms with E-state index < -0.39 is 20.2 Å². The van der Waals surface area contributed by atoms with Gasteiger partial charge in [0.05, 0.1) is 25.7 Å². The zero-order valence-electron chi connectivity index (χ0n) is 14.1. The Bertz CT molecular complexity index is 643. The molecule has 0 radical (unpaired) electrons. The first-order valence-corrected chi connectivity index (χ1v) is 11.4. The van der Waals surface area contributed by atoms with Crippen LogP contribution in [-0.2, 0) is 41.4 Å². The molecule has 1 aromatic heterocycles. The number of aromatic nitrogens is 1. The number of rotatable bonds is 12. The van der Waals surface area contributed by atoms with Crippen LogP contribution in [0.4, 0.5) is 0 Å². The molecule has 0 saturated carbocycles. The molecule has 0 unspecified atom stereocenters. The van der Waals surface area contributed by atoms with Crippen molar-refractivity contribution in [3.05, 3.63) is 29.6 Å². The summed E-state index contributed by atoms with van der Waals surface area (Å²) >= 11 is 0. The van der Waals surface area contributed by atoms with Crippen LogP contribution >= 0.6 is 0 Å². The molecule has 0 amide bonds. The van der Waals surface area contributed by atoms with E-state index in [0.29, 0.717) is 12.8 Å². The molecule has 0 spiro atoms. The maximum atomic E-state index is 10.8. The van der Waals surface area contributed by atoms with Crippen molar-refractivity contribution in [1.82, 2.24) is 4.98 Å². The summed E-state index contributed by atoms with van der Waals surface area (Å²) in [7, 11) is -6.73. The highest BCUT2D eigenvalue weighted by molar-refractivity contribution is 7.86. The largest absolute Gasteiger partial charge is 0.270 e. The third-order valence-electron chi connectivity index (χ3n) is 3.11. The summed E-state index contributed by atoms with van der Waals surface area (Å²) in [5, 5.41) is 0. The Morgan fingerprint density at radius 3 is 1.58 bits per heavy atom. The second kappa shape index (κ2) is 10.1. The van der Waals surface area contributed by atoms with Gasteiger partial charge in [-0.2, -0.15) is 16.8 Å². The van der Waals surface area contributed by atoms with Crippen molar-refractivity contribution in [3.63, 3.8) is 0 Å². The lowest BCUT2D eigenvalue weighted by atomic mass is 10.1. The monoisotopic (exact) mass is 379 g/mol. The summed E-state index contributed by atoms with van der Waals surface area (Å²) in [6.07, 6.45) is 6.51. The van der Waals surface area contributed by atoms with Crippen molar-refractivity contribution in [2.75, 3.05) is 25.7 Å². The van der Waals surface area contributed by atoms with Crippen molar-refractivity contribution >= 4 is 20.2 Å². The molecule has 0 aliphatic carbocycles. The second-order valence-electron chi connectivity index (χ2n) is 5.59. The average Bonchev–Trinajstić information content (AvgIpc) is 2.44. The van der Waals surface area contributed by atoms with Gasteiger partial charge in [-0.1, -0.05) is 6.07 Å². The van der Waals surface area contributed by atoms with Gasteiger partial charge in [-0.15, -0.1) is 0 Å². The standard InChI is InChI=1S/C15H25NO6S2/c1-23(17,18)21-12-5-3-8-14-10-7-11-15(16-14)9-4-6-13-22-24(2,19)20/h7,10-11H,3-6,8-9,12-13H2,1-2H3. The summed E-state index contributed by atoms with van der Waals surface area (Å²) in [4.78, 5) is 4.55. The molecule has 138 valence electrons. The quantitative estimate of drug-likeness (QED) is 0.402. The first kappa shape index (κ1) is 21.0. The van der Waals surface area contributed by atoms with Gasteiger partial charge in [-0.3, -0.25) is 13.4 Å². The van der Waals surface area contributed by atoms with Crippen LogP contribution in [0.5, 0.6) is 0 Å². The Labute approximate surface area is 144 Å². The molecular formula is C15H25NO6S2. The number of aryl methyl sites for hydroxylation is 2. The van der Waals surface area contributed by atoms with Gasteiger partial charge >= 0.3 is 0 Å². The highest BCUT2D eigenvalue weighted by Crippen LogP contribution is 2.08. The summed E-state index contributed by atoms with van der Waals surface area (Å²) in [6.45, 7) is 0.387. The summed E-state index contributed by atoms with van der Waals surface area (Å²) in [6, 6.07) is 5.82. The minimum Gasteiger partial charge on any atom is -0.270 e. The summed E-state index contributed by atoms with van der Waals surface area (Å²) < 4.78 is 52.7. The molecule has 7 nitrogen and oxygen atoms in total. The lowest BCUT2D eigenvalue weighted by Crippen LogP contribution is -2.05. The molecule has 0 bridgehead atoms. The SMILES string of the molecule is CS(=O)(=O)OCCCCc1cccc(CCCCOS(C)(=O)=O)n1. The first-order valence-electron chi connectivity index (χ1n) is 7.79. The van der Waals surface area contributed by atoms with Crippen LogP contribution in [0.2, 0.25) is 0 Å². The number of hydrogen-bond donors (Lipinski definition) is 0. The van der Waals surface area contributed by atoms with Crippen LogP contribution in [0.25, 0.3) is 0 Å². The minimum atomic E-state index is -3.36. The smallest absolute Gasteiger partial charge is 0.264 e. The van der Waals surface area contributed by atoms with Gasteiger partial charge in [0.25, 0.3) is 20.2 Å². The number of pyridine rings is 1. The number of hydrogen-bond acceptors (Lipinski definition) is 7. The molecular weight excluding hydrogens is 354 g/mol. The predicted molar refractivity (Wildman–Crippen MR) is 91.7 cm³/mol. The van der Waals surface area contributed by atoms with Crippen molar-refractivity contribution in [1.29, 1.82) is 0 Å². The van der Waals surface area contributed by atoms with Gasteiger partial charge in [0.2, 0.25) is 0 Å². The lowest BCUT2D eigenvalue weighted by Gasteiger charge is -2.05. The van der Waals surface area contributed by atoms with Crippen LogP contribution in [0.1, 0.15) is 37.1 Å². The fourth-order valence-corrected chi connectivity index (χ4v) is 2.89. The fraction of sp³-hybridized carbons (Fsp3) is 0.667. The van der Waals surface area contributed by atoms with Crippen LogP contribution in [0.15, 0.2) is 18.2 Å². The maximum Gasteiger partial charge on any atom is 0.264 e. The molecule has 0 N–H and O–H groups in total. The highest BCUT2D eigenvalue weighted by atomic mass is 32.2. The van der Waals surface area contributed by atoms with Crippen molar-refractivity contribution < 1.29 is 25.2 Å². The van der Waals surface area contributed by atoms with E-state index in [4.69, 9.17) is 0 Å². The van der Waals surface area contributed by atoms with Gasteiger partial charge in [0, 0.05) is 11.4 Å². The van der Waals surface area contributed by atoms with Gasteiger partial charge in [0.15, 0.2) is 0 Å². The zero-order valence-corrected chi connectivity index (χ0v) is 15.7. The Morgan fingerprint density at radius 1 is 0.792 bits per heavy atom. The van der Waals surface area contributed by atoms with Gasteiger partial charge in [-0.05, 0) is 50.7 Å². The predicted octanol–water partition coefficient (Wildman–Crippen LogP) is 1.68. The van der Waals surface area contributed by atoms with E-state index >= 15 is 0 Å². The van der Waals surface area contributed by atoms with Crippen LogP contribution in [-0.4, -0.2) is 47.5 Å². The van der Waals surface area contributed by atoms with E-state index in [2.05, 4.69) is 13.4 Å². The number of nitrogens with zero attached hydrogens (tertiary/aromatic N) is 1. The first-order chi connectivity index (χ1) is 11.2. The van der Waals surface area contributed by atoms with Gasteiger partial charge in [0.1, 0.15) is 0 Å². The van der Waals surface area contributed by atoms with Crippen LogP contribution < -0.4 is 0 Å². The van der Waals surface area contributed by atoms with Crippen molar-refractivity contribution in [3.8, 4) is 0 Å². The van der Waals surface area contributed by atoms with E-state index in [1.807, 2.05) is 18.2 Å². The van der Waals surface area contributed by atoms with Crippen LogP contribution in [0.3, 0.4) is 0 Å². The highest BCUT2D eigenvalue weighted by Gasteiger charge is 2.03. The molecule has 1 aromatic rings. The molecule has 1 heterocycles. The molecule has 9 heteroatoms. The molecule has 0 aliphatic heterocycles. The third-order valence-corrected chi connectivity index (χ3v) is 4.30. The molecule has 0 atom stereocenters. The van der Waals surface area contributed by atoms with E-state index in [1.54, 1.807) is 0 Å². The molecule has 0 aromatic carbocycles. The topological polar surface area (TPSA) is 99.6 Å². The van der Waals surface area contributed by atoms with E-state index in [0.717, 1.165) is 49.6 Å². The normalized spacial score (nSPS) is 12.4. The molecule has 24 heavy (non-hydrogen) atoms. The second-order valence-corrected chi connectivity index (χ2v) is 8.87. The number of unbranched alkanes of at least 4 members (excludes halogenated alkanes) is 2. The van der Waals surface area contributed by atoms with Gasteiger partial charge in [-0.25, -0.2) is 0 Å². The maximum absolute atomic E-state index is 10.8. The van der Waals surface area contributed by atoms with Crippen molar-refractivity contribution in [2.45, 2.75) is 38.5 Å². The Balaban J connectivity index is 2.26. The Morgan fingerprint density at radius 2 is 1.21 bits per heavy atom. The Hall–Kier alpha value is -1.03. The molecule has 0 aliphatic rings. The molecule has 0 saturated heterocycles. The van der Waals surface area contributed by atoms with E-state index in [-0.39, 0.29) is 13.2 Å². The van der Waals surface area contributed by atoms with Gasteiger partial charge < -0.3 is 0 Å². The van der Waals surface area contributed by atoms with Crippen molar-refractivity contribution in [2.24, 2.45) is 0 Å². The third kappa shape index (κ3) is 11.5. The molecule has 1 rings (SSSR count). The summed E-state index contributed by atoms with van der Waals surface area (Å²) in [5.41, 5.74) is 1.92. The lowest BCUT2D eigenvalue weighted by molar-refractivity contribution is 0.311. The summed E-state index contributed by atoms with van der Waals surface area (Å²) in [5.74, 6) is 0. The zero-order chi connectivity index (χ0) is 18.1. The minimum absolute atomic E-state index is 0.193. The van der Waals surface area contributed by atoms with E-state index in [1.165, 1.54) is 0 Å². The van der Waals surface area contributed by atoms with E-state index in [9.17, 15) is 16.8 Å². The fourth-order valence-electron chi connectivity index (χ4n) is 2.04. The Kier molecular flexibility index (Phi) is 8.82. The average molecular weight is 380 g/mol. The van der Waals surface area contributed by atoms with Crippen LogP contribution in [0, 0.1) is 0 Å².